The Balaban J connectivity index is 2.63. The van der Waals surface area contributed by atoms with Gasteiger partial charge in [0.25, 0.3) is 0 Å². The molecule has 126 valence electrons. The number of ether oxygens (including phenoxy) is 3. The van der Waals surface area contributed by atoms with E-state index in [2.05, 4.69) is 0 Å². The van der Waals surface area contributed by atoms with E-state index in [1.807, 2.05) is 0 Å². The fourth-order valence-electron chi connectivity index (χ4n) is 1.64. The third-order valence-corrected chi connectivity index (χ3v) is 2.78. The van der Waals surface area contributed by atoms with Crippen molar-refractivity contribution in [3.63, 3.8) is 0 Å². The smallest absolute Gasteiger partial charge is 0.378 e. The van der Waals surface area contributed by atoms with Crippen LogP contribution in [0, 0.1) is 0 Å². The van der Waals surface area contributed by atoms with Gasteiger partial charge in [0.1, 0.15) is 25.4 Å². The maximum Gasteiger partial charge on any atom is 0.378 e. The zero-order chi connectivity index (χ0) is 16.7. The number of hydrogen-bond donors (Lipinski definition) is 4. The summed E-state index contributed by atoms with van der Waals surface area (Å²) >= 11 is 0. The molecule has 9 nitrogen and oxygen atoms in total. The van der Waals surface area contributed by atoms with Crippen LogP contribution in [0.5, 0.6) is 0 Å². The van der Waals surface area contributed by atoms with Gasteiger partial charge in [-0.2, -0.15) is 0 Å². The van der Waals surface area contributed by atoms with E-state index < -0.39 is 55.8 Å². The van der Waals surface area contributed by atoms with Crippen LogP contribution in [0.15, 0.2) is 11.5 Å². The second-order valence-electron chi connectivity index (χ2n) is 4.69. The molecule has 0 aromatic carbocycles. The molecule has 22 heavy (non-hydrogen) atoms. The van der Waals surface area contributed by atoms with Gasteiger partial charge in [0.05, 0.1) is 6.61 Å². The molecule has 0 saturated carbocycles. The standard InChI is InChI=1S/C13H20O9/c1-2-3-9(17)20-6-8(16)11-12(10(18)13(19)22-11)21-5-7(15)4-14/h7-8,11,14-16,18H,2-6H2,1H3/t7?,8-,11+/m0/s1. The van der Waals surface area contributed by atoms with Crippen molar-refractivity contribution in [3.05, 3.63) is 11.5 Å². The Hall–Kier alpha value is -1.84. The molecule has 1 unspecified atom stereocenters. The van der Waals surface area contributed by atoms with Gasteiger partial charge < -0.3 is 34.6 Å². The molecule has 0 aliphatic carbocycles. The van der Waals surface area contributed by atoms with E-state index in [1.54, 1.807) is 6.92 Å². The summed E-state index contributed by atoms with van der Waals surface area (Å²) in [4.78, 5) is 22.5. The Morgan fingerprint density at radius 3 is 2.64 bits per heavy atom. The molecule has 0 aromatic rings. The van der Waals surface area contributed by atoms with Gasteiger partial charge in [0.2, 0.25) is 5.76 Å². The lowest BCUT2D eigenvalue weighted by molar-refractivity contribution is -0.155. The average Bonchev–Trinajstić information content (AvgIpc) is 2.78. The highest BCUT2D eigenvalue weighted by Gasteiger charge is 2.41. The lowest BCUT2D eigenvalue weighted by Crippen LogP contribution is -2.35. The summed E-state index contributed by atoms with van der Waals surface area (Å²) in [6, 6.07) is 0. The van der Waals surface area contributed by atoms with Gasteiger partial charge in [-0.1, -0.05) is 6.92 Å². The Morgan fingerprint density at radius 2 is 2.05 bits per heavy atom. The number of cyclic esters (lactones) is 1. The van der Waals surface area contributed by atoms with Gasteiger partial charge in [-0.3, -0.25) is 4.79 Å². The van der Waals surface area contributed by atoms with Gasteiger partial charge in [-0.25, -0.2) is 4.79 Å². The maximum atomic E-state index is 11.3. The molecule has 1 rings (SSSR count). The fraction of sp³-hybridized carbons (Fsp3) is 0.692. The minimum atomic E-state index is -1.43. The third-order valence-electron chi connectivity index (χ3n) is 2.78. The van der Waals surface area contributed by atoms with Gasteiger partial charge in [0.15, 0.2) is 11.9 Å². The third kappa shape index (κ3) is 4.86. The van der Waals surface area contributed by atoms with Crippen LogP contribution in [0.25, 0.3) is 0 Å². The number of esters is 2. The molecule has 0 fully saturated rings. The van der Waals surface area contributed by atoms with Gasteiger partial charge in [-0.15, -0.1) is 0 Å². The van der Waals surface area contributed by atoms with Crippen LogP contribution in [0.4, 0.5) is 0 Å². The van der Waals surface area contributed by atoms with Crippen molar-refractivity contribution < 1.29 is 44.2 Å². The minimum absolute atomic E-state index is 0.185. The minimum Gasteiger partial charge on any atom is -0.499 e. The molecule has 0 aromatic heterocycles. The van der Waals surface area contributed by atoms with E-state index in [1.165, 1.54) is 0 Å². The fourth-order valence-corrected chi connectivity index (χ4v) is 1.64. The molecule has 3 atom stereocenters. The number of carbonyl (C=O) groups is 2. The molecule has 0 saturated heterocycles. The van der Waals surface area contributed by atoms with Gasteiger partial charge >= 0.3 is 11.9 Å². The van der Waals surface area contributed by atoms with Crippen molar-refractivity contribution >= 4 is 11.9 Å². The molecule has 0 bridgehead atoms. The van der Waals surface area contributed by atoms with Crippen LogP contribution in [-0.2, 0) is 23.8 Å². The van der Waals surface area contributed by atoms with Crippen molar-refractivity contribution in [3.8, 4) is 0 Å². The van der Waals surface area contributed by atoms with E-state index in [4.69, 9.17) is 19.3 Å². The summed E-state index contributed by atoms with van der Waals surface area (Å²) < 4.78 is 14.5. The summed E-state index contributed by atoms with van der Waals surface area (Å²) in [6.45, 7) is 0.352. The second-order valence-corrected chi connectivity index (χ2v) is 4.69. The van der Waals surface area contributed by atoms with Crippen molar-refractivity contribution in [2.75, 3.05) is 19.8 Å². The molecule has 9 heteroatoms. The lowest BCUT2D eigenvalue weighted by atomic mass is 10.2. The van der Waals surface area contributed by atoms with Crippen LogP contribution in [-0.4, -0.2) is 70.5 Å². The van der Waals surface area contributed by atoms with Crippen molar-refractivity contribution in [2.24, 2.45) is 0 Å². The normalized spacial score (nSPS) is 20.5. The van der Waals surface area contributed by atoms with Crippen LogP contribution >= 0.6 is 0 Å². The highest BCUT2D eigenvalue weighted by atomic mass is 16.6. The first kappa shape index (κ1) is 18.2. The number of aliphatic hydroxyl groups is 4. The molecular weight excluding hydrogens is 300 g/mol. The average molecular weight is 320 g/mol. The molecule has 0 amide bonds. The summed E-state index contributed by atoms with van der Waals surface area (Å²) in [5.74, 6) is -2.83. The Morgan fingerprint density at radius 1 is 1.36 bits per heavy atom. The summed E-state index contributed by atoms with van der Waals surface area (Å²) in [6.07, 6.45) is -3.24. The predicted molar refractivity (Wildman–Crippen MR) is 70.5 cm³/mol. The first-order chi connectivity index (χ1) is 10.4. The molecule has 0 radical (unpaired) electrons. The van der Waals surface area contributed by atoms with Gasteiger partial charge in [0, 0.05) is 6.42 Å². The number of carbonyl (C=O) groups excluding carboxylic acids is 2. The van der Waals surface area contributed by atoms with Crippen LogP contribution in [0.1, 0.15) is 19.8 Å². The number of aliphatic hydroxyl groups excluding tert-OH is 4. The van der Waals surface area contributed by atoms with Gasteiger partial charge in [-0.05, 0) is 6.42 Å². The second kappa shape index (κ2) is 8.57. The van der Waals surface area contributed by atoms with Crippen molar-refractivity contribution in [2.45, 2.75) is 38.1 Å². The van der Waals surface area contributed by atoms with Crippen molar-refractivity contribution in [1.82, 2.24) is 0 Å². The van der Waals surface area contributed by atoms with Crippen molar-refractivity contribution in [1.29, 1.82) is 0 Å². The summed E-state index contributed by atoms with van der Waals surface area (Å²) in [7, 11) is 0. The first-order valence-corrected chi connectivity index (χ1v) is 6.80. The number of hydrogen-bond acceptors (Lipinski definition) is 9. The Bertz CT molecular complexity index is 431. The molecule has 1 aliphatic rings. The topological polar surface area (TPSA) is 143 Å². The van der Waals surface area contributed by atoms with E-state index in [0.29, 0.717) is 6.42 Å². The number of rotatable bonds is 9. The van der Waals surface area contributed by atoms with E-state index in [-0.39, 0.29) is 12.2 Å². The Labute approximate surface area is 126 Å². The largest absolute Gasteiger partial charge is 0.499 e. The lowest BCUT2D eigenvalue weighted by Gasteiger charge is -2.20. The van der Waals surface area contributed by atoms with Crippen LogP contribution in [0.2, 0.25) is 0 Å². The predicted octanol–water partition coefficient (Wildman–Crippen LogP) is -1.24. The highest BCUT2D eigenvalue weighted by molar-refractivity contribution is 5.89. The van der Waals surface area contributed by atoms with E-state index >= 15 is 0 Å². The van der Waals surface area contributed by atoms with E-state index in [9.17, 15) is 24.9 Å². The maximum absolute atomic E-state index is 11.3. The Kier molecular flexibility index (Phi) is 7.09. The molecule has 1 aliphatic heterocycles. The van der Waals surface area contributed by atoms with E-state index in [0.717, 1.165) is 0 Å². The SMILES string of the molecule is CCCC(=O)OC[C@H](O)[C@H]1OC(=O)C(O)=C1OCC(O)CO. The zero-order valence-electron chi connectivity index (χ0n) is 12.1. The quantitative estimate of drug-likeness (QED) is 0.383. The van der Waals surface area contributed by atoms with Crippen LogP contribution < -0.4 is 0 Å². The molecule has 4 N–H and O–H groups in total. The monoisotopic (exact) mass is 320 g/mol. The first-order valence-electron chi connectivity index (χ1n) is 6.80. The van der Waals surface area contributed by atoms with Crippen LogP contribution in [0.3, 0.4) is 0 Å². The molecule has 0 spiro atoms. The summed E-state index contributed by atoms with van der Waals surface area (Å²) in [5, 5.41) is 37.3. The highest BCUT2D eigenvalue weighted by Crippen LogP contribution is 2.25. The summed E-state index contributed by atoms with van der Waals surface area (Å²) in [5.41, 5.74) is 0. The zero-order valence-corrected chi connectivity index (χ0v) is 12.1. The molecule has 1 heterocycles. The molecular formula is C13H20O9.